The molecule has 27 heavy (non-hydrogen) atoms. The molecule has 2 unspecified atom stereocenters. The van der Waals surface area contributed by atoms with Crippen LogP contribution in [0.3, 0.4) is 0 Å². The number of carbonyl (C=O) groups is 1. The van der Waals surface area contributed by atoms with Crippen molar-refractivity contribution in [2.45, 2.75) is 38.7 Å². The van der Waals surface area contributed by atoms with Crippen LogP contribution < -0.4 is 14.8 Å². The van der Waals surface area contributed by atoms with Crippen LogP contribution in [0.4, 0.5) is 4.39 Å². The lowest BCUT2D eigenvalue weighted by Gasteiger charge is -2.30. The van der Waals surface area contributed by atoms with Crippen molar-refractivity contribution in [3.63, 3.8) is 0 Å². The monoisotopic (exact) mass is 371 g/mol. The molecule has 0 bridgehead atoms. The molecular formula is C22H26FNO3. The van der Waals surface area contributed by atoms with E-state index in [9.17, 15) is 9.18 Å². The van der Waals surface area contributed by atoms with Crippen LogP contribution in [0, 0.1) is 11.7 Å². The Balaban J connectivity index is 1.76. The Morgan fingerprint density at radius 2 is 1.89 bits per heavy atom. The van der Waals surface area contributed by atoms with Crippen LogP contribution in [0.25, 0.3) is 0 Å². The average molecular weight is 371 g/mol. The topological polar surface area (TPSA) is 47.6 Å². The first kappa shape index (κ1) is 19.2. The Labute approximate surface area is 159 Å². The molecule has 0 aromatic heterocycles. The van der Waals surface area contributed by atoms with E-state index in [-0.39, 0.29) is 29.7 Å². The molecule has 3 rings (SSSR count). The van der Waals surface area contributed by atoms with E-state index in [1.165, 1.54) is 12.1 Å². The largest absolute Gasteiger partial charge is 0.493 e. The lowest BCUT2D eigenvalue weighted by atomic mass is 9.82. The number of nitrogens with one attached hydrogen (secondary N) is 1. The SMILES string of the molecule is COc1ccc(C2CNC(=O)C(Cc3ccc(F)cc3)C2)cc1OC(C)C. The summed E-state index contributed by atoms with van der Waals surface area (Å²) in [6, 6.07) is 12.3. The number of halogens is 1. The second kappa shape index (κ2) is 8.42. The number of benzene rings is 2. The van der Waals surface area contributed by atoms with Gasteiger partial charge < -0.3 is 14.8 Å². The second-order valence-electron chi connectivity index (χ2n) is 7.28. The molecule has 4 nitrogen and oxygen atoms in total. The van der Waals surface area contributed by atoms with Crippen LogP contribution in [0.1, 0.15) is 37.3 Å². The van der Waals surface area contributed by atoms with Crippen LogP contribution in [0.15, 0.2) is 42.5 Å². The Morgan fingerprint density at radius 1 is 1.15 bits per heavy atom. The zero-order valence-electron chi connectivity index (χ0n) is 16.0. The highest BCUT2D eigenvalue weighted by Gasteiger charge is 2.30. The number of methoxy groups -OCH3 is 1. The zero-order valence-corrected chi connectivity index (χ0v) is 16.0. The van der Waals surface area contributed by atoms with Crippen molar-refractivity contribution < 1.29 is 18.7 Å². The normalized spacial score (nSPS) is 19.7. The predicted octanol–water partition coefficient (Wildman–Crippen LogP) is 4.08. The maximum absolute atomic E-state index is 13.1. The Hall–Kier alpha value is -2.56. The summed E-state index contributed by atoms with van der Waals surface area (Å²) in [6.45, 7) is 4.56. The quantitative estimate of drug-likeness (QED) is 0.832. The molecule has 1 saturated heterocycles. The highest BCUT2D eigenvalue weighted by molar-refractivity contribution is 5.80. The molecule has 1 fully saturated rings. The highest BCUT2D eigenvalue weighted by atomic mass is 19.1. The number of ether oxygens (including phenoxy) is 2. The molecule has 2 atom stereocenters. The van der Waals surface area contributed by atoms with Gasteiger partial charge in [0.05, 0.1) is 13.2 Å². The summed E-state index contributed by atoms with van der Waals surface area (Å²) >= 11 is 0. The molecule has 5 heteroatoms. The summed E-state index contributed by atoms with van der Waals surface area (Å²) in [5.41, 5.74) is 2.09. The van der Waals surface area contributed by atoms with E-state index in [4.69, 9.17) is 9.47 Å². The summed E-state index contributed by atoms with van der Waals surface area (Å²) in [5, 5.41) is 3.02. The second-order valence-corrected chi connectivity index (χ2v) is 7.28. The number of hydrogen-bond acceptors (Lipinski definition) is 3. The molecule has 0 saturated carbocycles. The van der Waals surface area contributed by atoms with Gasteiger partial charge in [-0.3, -0.25) is 4.79 Å². The van der Waals surface area contributed by atoms with Crippen molar-refractivity contribution >= 4 is 5.91 Å². The number of rotatable bonds is 6. The summed E-state index contributed by atoms with van der Waals surface area (Å²) in [6.07, 6.45) is 1.40. The van der Waals surface area contributed by atoms with Crippen molar-refractivity contribution in [2.24, 2.45) is 5.92 Å². The van der Waals surface area contributed by atoms with E-state index in [0.717, 1.165) is 23.3 Å². The first-order valence-electron chi connectivity index (χ1n) is 9.33. The molecule has 144 valence electrons. The minimum absolute atomic E-state index is 0.0476. The van der Waals surface area contributed by atoms with Gasteiger partial charge >= 0.3 is 0 Å². The molecule has 0 spiro atoms. The standard InChI is InChI=1S/C22H26FNO3/c1-14(2)27-21-12-16(6-9-20(21)26-3)18-11-17(22(25)24-13-18)10-15-4-7-19(23)8-5-15/h4-9,12,14,17-18H,10-11,13H2,1-3H3,(H,24,25). The van der Waals surface area contributed by atoms with Crippen molar-refractivity contribution in [1.29, 1.82) is 0 Å². The van der Waals surface area contributed by atoms with E-state index in [1.807, 2.05) is 32.0 Å². The summed E-state index contributed by atoms with van der Waals surface area (Å²) in [7, 11) is 1.63. The average Bonchev–Trinajstić information content (AvgIpc) is 2.65. The molecule has 2 aromatic carbocycles. The number of carbonyl (C=O) groups excluding carboxylic acids is 1. The predicted molar refractivity (Wildman–Crippen MR) is 103 cm³/mol. The lowest BCUT2D eigenvalue weighted by molar-refractivity contribution is -0.126. The Bertz CT molecular complexity index is 789. The summed E-state index contributed by atoms with van der Waals surface area (Å²) in [5.74, 6) is 1.29. The van der Waals surface area contributed by atoms with E-state index in [1.54, 1.807) is 19.2 Å². The van der Waals surface area contributed by atoms with Gasteiger partial charge in [-0.25, -0.2) is 4.39 Å². The van der Waals surface area contributed by atoms with Crippen LogP contribution >= 0.6 is 0 Å². The van der Waals surface area contributed by atoms with Gasteiger partial charge in [0.1, 0.15) is 5.82 Å². The smallest absolute Gasteiger partial charge is 0.223 e. The van der Waals surface area contributed by atoms with Crippen LogP contribution in [0.5, 0.6) is 11.5 Å². The van der Waals surface area contributed by atoms with E-state index < -0.39 is 0 Å². The number of piperidine rings is 1. The van der Waals surface area contributed by atoms with E-state index >= 15 is 0 Å². The fourth-order valence-electron chi connectivity index (χ4n) is 3.53. The molecule has 1 N–H and O–H groups in total. The Kier molecular flexibility index (Phi) is 5.99. The maximum Gasteiger partial charge on any atom is 0.223 e. The molecule has 2 aromatic rings. The molecule has 0 radical (unpaired) electrons. The van der Waals surface area contributed by atoms with Crippen molar-refractivity contribution in [3.8, 4) is 11.5 Å². The minimum Gasteiger partial charge on any atom is -0.493 e. The third kappa shape index (κ3) is 4.79. The fraction of sp³-hybridized carbons (Fsp3) is 0.409. The van der Waals surface area contributed by atoms with Gasteiger partial charge in [-0.1, -0.05) is 18.2 Å². The number of amides is 1. The van der Waals surface area contributed by atoms with Crippen LogP contribution in [0.2, 0.25) is 0 Å². The van der Waals surface area contributed by atoms with Gasteiger partial charge in [-0.05, 0) is 62.1 Å². The zero-order chi connectivity index (χ0) is 19.4. The fourth-order valence-corrected chi connectivity index (χ4v) is 3.53. The molecule has 1 amide bonds. The van der Waals surface area contributed by atoms with Crippen molar-refractivity contribution in [3.05, 3.63) is 59.4 Å². The molecule has 0 aliphatic carbocycles. The molecule has 1 heterocycles. The van der Waals surface area contributed by atoms with Gasteiger partial charge in [0.15, 0.2) is 11.5 Å². The highest BCUT2D eigenvalue weighted by Crippen LogP contribution is 2.35. The van der Waals surface area contributed by atoms with E-state index in [2.05, 4.69) is 5.32 Å². The summed E-state index contributed by atoms with van der Waals surface area (Å²) < 4.78 is 24.4. The van der Waals surface area contributed by atoms with Gasteiger partial charge in [0, 0.05) is 18.4 Å². The number of hydrogen-bond donors (Lipinski definition) is 1. The van der Waals surface area contributed by atoms with Gasteiger partial charge in [0.2, 0.25) is 5.91 Å². The molecule has 1 aliphatic heterocycles. The molecular weight excluding hydrogens is 345 g/mol. The third-order valence-electron chi connectivity index (χ3n) is 4.88. The van der Waals surface area contributed by atoms with E-state index in [0.29, 0.717) is 18.7 Å². The first-order valence-corrected chi connectivity index (χ1v) is 9.33. The van der Waals surface area contributed by atoms with Crippen molar-refractivity contribution in [2.75, 3.05) is 13.7 Å². The summed E-state index contributed by atoms with van der Waals surface area (Å²) in [4.78, 5) is 12.3. The Morgan fingerprint density at radius 3 is 2.56 bits per heavy atom. The van der Waals surface area contributed by atoms with Crippen LogP contribution in [-0.2, 0) is 11.2 Å². The van der Waals surface area contributed by atoms with Gasteiger partial charge in [-0.2, -0.15) is 0 Å². The third-order valence-corrected chi connectivity index (χ3v) is 4.88. The minimum atomic E-state index is -0.263. The van der Waals surface area contributed by atoms with Crippen molar-refractivity contribution in [1.82, 2.24) is 5.32 Å². The van der Waals surface area contributed by atoms with Gasteiger partial charge in [0.25, 0.3) is 0 Å². The molecule has 1 aliphatic rings. The van der Waals surface area contributed by atoms with Crippen LogP contribution in [-0.4, -0.2) is 25.7 Å². The van der Waals surface area contributed by atoms with Gasteiger partial charge in [-0.15, -0.1) is 0 Å². The lowest BCUT2D eigenvalue weighted by Crippen LogP contribution is -2.41. The first-order chi connectivity index (χ1) is 13.0. The maximum atomic E-state index is 13.1.